The van der Waals surface area contributed by atoms with Gasteiger partial charge in [0.1, 0.15) is 32.1 Å². The number of halogens is 10. The molecule has 0 aromatic rings. The maximum Gasteiger partial charge on any atom is 0.508 e. The molecule has 0 aliphatic rings. The van der Waals surface area contributed by atoms with Crippen LogP contribution in [0.5, 0.6) is 0 Å². The molecule has 592 valence electrons. The number of carbonyl (C=O) groups is 20. The number of quaternary nitrogens is 4. The molecule has 0 fully saturated rings. The largest absolute Gasteiger partial charge is 1.00 e. The first-order valence-electron chi connectivity index (χ1n) is 26.7. The zero-order valence-corrected chi connectivity index (χ0v) is 56.2. The van der Waals surface area contributed by atoms with E-state index in [9.17, 15) is 135 Å². The van der Waals surface area contributed by atoms with Crippen molar-refractivity contribution in [1.29, 1.82) is 0 Å². The van der Waals surface area contributed by atoms with Gasteiger partial charge >= 0.3 is 108 Å². The summed E-state index contributed by atoms with van der Waals surface area (Å²) in [6, 6.07) is -4.32. The van der Waals surface area contributed by atoms with Crippen molar-refractivity contribution >= 4 is 119 Å². The van der Waals surface area contributed by atoms with Crippen LogP contribution in [0.4, 0.5) is 44.3 Å². The van der Waals surface area contributed by atoms with Crippen molar-refractivity contribution in [2.24, 2.45) is 0 Å². The number of esters is 11. The monoisotopic (exact) mass is 1560 g/mol. The molecule has 0 aromatic heterocycles. The molecule has 0 aromatic carbocycles. The molecule has 0 aliphatic carbocycles. The fourth-order valence-electron chi connectivity index (χ4n) is 3.54. The molecule has 51 heteroatoms. The minimum Gasteiger partial charge on any atom is -1.00 e. The highest BCUT2D eigenvalue weighted by molar-refractivity contribution is 5.94. The Morgan fingerprint density at radius 1 is 0.394 bits per heavy atom. The Morgan fingerprint density at radius 3 is 0.981 bits per heavy atom. The molecule has 16 N–H and O–H groups in total. The predicted molar refractivity (Wildman–Crippen MR) is 301 cm³/mol. The van der Waals surface area contributed by atoms with Gasteiger partial charge in [-0.1, -0.05) is 0 Å². The molecule has 0 aliphatic heterocycles. The summed E-state index contributed by atoms with van der Waals surface area (Å²) >= 11 is 0. The standard InChI is InChI=1S/C12H16N2O9.C12H17NO8.2C10H13NO8.3C3H3F3O.ClH/c1-21-10(18)2-3-11(19)22-6-23-12(20)7(4-9(16)17)14-8(15)5-13;1-8(14)9(13)7-21-12(17)20-6-5-19-11(16)4-3-10(15)18-2;1-17-8(14)2-3-9(15)18-5-19-10(16)6(11)4-7(12)13;1-17-7(12)2-3-8(13)18-5-19-9(14)4-6(11)10(15)16;3*1-2(7)3(4,5)6;/h2-3,7H,4-6,13H2,1H3,(H,14,15)(H,16,17);3-4,9H,5-7,13H2,1-2H3;2-3,6H,4-5,11H2,1H3,(H,12,13);2-3,6H,4-5,11H2,1H3,(H,15,16);3*1H3;1H/p+3/b3-2+;4-3+;2*3-2+;;;;/t7-;9-;2*6-;;;;/m0000..../s1. The molecule has 0 heterocycles. The Morgan fingerprint density at radius 2 is 0.692 bits per heavy atom. The zero-order valence-electron chi connectivity index (χ0n) is 55.4. The molecule has 0 radical (unpaired) electrons. The molecular formula is C53H72ClF9N5O36+3. The number of aliphatic carboxylic acids is 3. The number of methoxy groups -OCH3 is 4. The number of alkyl halides is 9. The lowest BCUT2D eigenvalue weighted by atomic mass is 10.2. The van der Waals surface area contributed by atoms with Gasteiger partial charge in [-0.05, 0) is 0 Å². The van der Waals surface area contributed by atoms with Crippen LogP contribution in [-0.2, 0) is 153 Å². The topological polar surface area (TPSA) is 645 Å². The Balaban J connectivity index is -0.000000179. The van der Waals surface area contributed by atoms with Crippen LogP contribution in [0, 0.1) is 0 Å². The summed E-state index contributed by atoms with van der Waals surface area (Å²) in [6.45, 7) is -0.234. The normalized spacial score (nSPS) is 11.4. The summed E-state index contributed by atoms with van der Waals surface area (Å²) in [5.41, 5.74) is 13.2. The second-order valence-corrected chi connectivity index (χ2v) is 17.2. The molecule has 0 saturated carbocycles. The lowest BCUT2D eigenvalue weighted by Gasteiger charge is -2.14. The number of ether oxygens (including phenoxy) is 13. The second kappa shape index (κ2) is 61.3. The second-order valence-electron chi connectivity index (χ2n) is 17.2. The maximum atomic E-state index is 11.6. The van der Waals surface area contributed by atoms with Gasteiger partial charge in [-0.15, -0.1) is 0 Å². The van der Waals surface area contributed by atoms with Crippen LogP contribution in [0.2, 0.25) is 0 Å². The van der Waals surface area contributed by atoms with Gasteiger partial charge in [-0.2, -0.15) is 39.5 Å². The Labute approximate surface area is 584 Å². The molecule has 104 heavy (non-hydrogen) atoms. The van der Waals surface area contributed by atoms with Crippen LogP contribution in [0.1, 0.15) is 47.0 Å². The number of carbonyl (C=O) groups excluding carboxylic acids is 17. The number of carboxylic acid groups (broad SMARTS) is 3. The summed E-state index contributed by atoms with van der Waals surface area (Å²) in [5.74, 6) is -19.4. The van der Waals surface area contributed by atoms with Gasteiger partial charge in [0, 0.05) is 76.3 Å². The molecule has 1 amide bonds. The van der Waals surface area contributed by atoms with E-state index in [0.29, 0.717) is 20.8 Å². The van der Waals surface area contributed by atoms with Crippen molar-refractivity contribution in [2.75, 3.05) is 75.2 Å². The SMILES string of the molecule is CC(=O)C(F)(F)F.CC(=O)C(F)(F)F.CC(=O)C(F)(F)F.COC(=O)/C=C/C(=O)OCCOC(=O)OC[C@H]([NH3+])C(C)=O.COC(=O)/C=C/C(=O)OCOC(=O)C[C@H]([NH3+])C(=O)O.COC(=O)/C=C/C(=O)OCOC(=O)[C@@H]([NH3+])CC(=O)O.COC(=O)/C=C/C(=O)OCOC(=O)[C@H](CC(=O)O)NC(=O)C[NH3+].[Cl-]. The van der Waals surface area contributed by atoms with Crippen molar-refractivity contribution < 1.29 is 248 Å². The number of amides is 1. The van der Waals surface area contributed by atoms with Gasteiger partial charge in [-0.25, -0.2) is 57.5 Å². The molecule has 0 rings (SSSR count). The number of hydrogen-bond acceptors (Lipinski definition) is 33. The molecule has 0 unspecified atom stereocenters. The van der Waals surface area contributed by atoms with E-state index in [4.69, 9.17) is 15.3 Å². The smallest absolute Gasteiger partial charge is 0.508 e. The average molecular weight is 1560 g/mol. The number of Topliss-reactive ketones (excluding diaryl/α,β-unsaturated/α-hetero) is 4. The van der Waals surface area contributed by atoms with E-state index in [2.05, 4.69) is 89.8 Å². The number of nitrogens with one attached hydrogen (secondary N) is 1. The van der Waals surface area contributed by atoms with Crippen molar-refractivity contribution in [2.45, 2.75) is 89.7 Å². The van der Waals surface area contributed by atoms with Crippen molar-refractivity contribution in [3.05, 3.63) is 48.6 Å². The summed E-state index contributed by atoms with van der Waals surface area (Å²) in [6.07, 6.45) is -9.98. The molecular weight excluding hydrogens is 1490 g/mol. The van der Waals surface area contributed by atoms with E-state index < -0.39 is 195 Å². The molecule has 0 saturated heterocycles. The first kappa shape index (κ1) is 108. The van der Waals surface area contributed by atoms with E-state index in [1.807, 2.05) is 0 Å². The maximum absolute atomic E-state index is 11.6. The Bertz CT molecular complexity index is 2930. The van der Waals surface area contributed by atoms with Crippen LogP contribution in [-0.4, -0.2) is 252 Å². The van der Waals surface area contributed by atoms with E-state index in [-0.39, 0.29) is 44.6 Å². The third-order valence-corrected chi connectivity index (χ3v) is 8.92. The summed E-state index contributed by atoms with van der Waals surface area (Å²) in [4.78, 5) is 213. The highest BCUT2D eigenvalue weighted by Gasteiger charge is 2.35. The number of rotatable bonds is 31. The summed E-state index contributed by atoms with van der Waals surface area (Å²) < 4.78 is 155. The van der Waals surface area contributed by atoms with Gasteiger partial charge in [0.05, 0.1) is 34.9 Å². The Kier molecular flexibility index (Phi) is 63.9. The number of carboxylic acids is 3. The summed E-state index contributed by atoms with van der Waals surface area (Å²) in [5, 5.41) is 27.7. The van der Waals surface area contributed by atoms with Crippen molar-refractivity contribution in [3.63, 3.8) is 0 Å². The lowest BCUT2D eigenvalue weighted by Crippen LogP contribution is -3.00. The fraction of sp³-hybridized carbons (Fsp3) is 0.472. The van der Waals surface area contributed by atoms with E-state index in [1.54, 1.807) is 0 Å². The fourth-order valence-corrected chi connectivity index (χ4v) is 3.54. The molecule has 4 atom stereocenters. The van der Waals surface area contributed by atoms with Crippen LogP contribution in [0.15, 0.2) is 48.6 Å². The average Bonchev–Trinajstić information content (AvgIpc) is 0.914. The van der Waals surface area contributed by atoms with E-state index in [0.717, 1.165) is 69.9 Å². The number of hydrogen-bond donors (Lipinski definition) is 8. The summed E-state index contributed by atoms with van der Waals surface area (Å²) in [7, 11) is 4.55. The first-order valence-corrected chi connectivity index (χ1v) is 26.7. The van der Waals surface area contributed by atoms with Crippen LogP contribution < -0.4 is 40.7 Å². The van der Waals surface area contributed by atoms with Crippen LogP contribution in [0.25, 0.3) is 0 Å². The van der Waals surface area contributed by atoms with Gasteiger partial charge < -0.3 is 118 Å². The van der Waals surface area contributed by atoms with E-state index >= 15 is 0 Å². The molecule has 0 bridgehead atoms. The van der Waals surface area contributed by atoms with Crippen molar-refractivity contribution in [1.82, 2.24) is 5.32 Å². The van der Waals surface area contributed by atoms with Gasteiger partial charge in [0.2, 0.25) is 37.7 Å². The van der Waals surface area contributed by atoms with Crippen LogP contribution >= 0.6 is 0 Å². The lowest BCUT2D eigenvalue weighted by molar-refractivity contribution is -0.408. The third-order valence-electron chi connectivity index (χ3n) is 8.92. The number of ketones is 4. The van der Waals surface area contributed by atoms with Gasteiger partial charge in [0.25, 0.3) is 5.91 Å². The highest BCUT2D eigenvalue weighted by Crippen LogP contribution is 2.16. The van der Waals surface area contributed by atoms with E-state index in [1.165, 1.54) is 14.0 Å². The third kappa shape index (κ3) is 74.7. The minimum absolute atomic E-state index is 0. The van der Waals surface area contributed by atoms with Crippen LogP contribution in [0.3, 0.4) is 0 Å². The van der Waals surface area contributed by atoms with Gasteiger partial charge in [0.15, 0.2) is 37.1 Å². The first-order chi connectivity index (χ1) is 47.2. The molecule has 0 spiro atoms. The quantitative estimate of drug-likeness (QED) is 0.00798. The highest BCUT2D eigenvalue weighted by atomic mass is 35.5. The zero-order chi connectivity index (χ0) is 82.0. The molecule has 41 nitrogen and oxygen atoms in total. The van der Waals surface area contributed by atoms with Gasteiger partial charge in [-0.3, -0.25) is 38.4 Å². The van der Waals surface area contributed by atoms with Crippen molar-refractivity contribution in [3.8, 4) is 0 Å². The Hall–Kier alpha value is -11.5. The minimum atomic E-state index is -4.64. The predicted octanol–water partition coefficient (Wildman–Crippen LogP) is -8.32.